The van der Waals surface area contributed by atoms with Gasteiger partial charge in [-0.3, -0.25) is 0 Å². The van der Waals surface area contributed by atoms with Crippen LogP contribution in [-0.4, -0.2) is 53.3 Å². The number of aromatic nitrogens is 1. The zero-order valence-electron chi connectivity index (χ0n) is 16.1. The highest BCUT2D eigenvalue weighted by Crippen LogP contribution is 2.47. The fourth-order valence-corrected chi connectivity index (χ4v) is 8.21. The molecule has 4 atom stereocenters. The summed E-state index contributed by atoms with van der Waals surface area (Å²) in [5.74, 6) is 1.49. The molecule has 1 aliphatic carbocycles. The number of piperidine rings is 1. The van der Waals surface area contributed by atoms with Gasteiger partial charge >= 0.3 is 0 Å². The van der Waals surface area contributed by atoms with Crippen molar-refractivity contribution in [1.29, 1.82) is 0 Å². The minimum atomic E-state index is -4.24. The van der Waals surface area contributed by atoms with Crippen molar-refractivity contribution in [2.45, 2.75) is 50.5 Å². The second kappa shape index (κ2) is 7.04. The number of hydrogen-bond acceptors (Lipinski definition) is 5. The van der Waals surface area contributed by atoms with Gasteiger partial charge in [-0.25, -0.2) is 8.42 Å². The molecule has 3 aliphatic rings. The van der Waals surface area contributed by atoms with Gasteiger partial charge < -0.3 is 9.04 Å². The smallest absolute Gasteiger partial charge is 0.103 e. The van der Waals surface area contributed by atoms with Crippen molar-refractivity contribution in [2.24, 2.45) is 11.8 Å². The molecule has 2 unspecified atom stereocenters. The molecule has 1 aromatic heterocycles. The van der Waals surface area contributed by atoms with Crippen molar-refractivity contribution in [3.63, 3.8) is 0 Å². The summed E-state index contributed by atoms with van der Waals surface area (Å²) in [6.07, 6.45) is 6.98. The standard InChI is InChI=1S/C21H28N2O3S2/c24-28(25,26)14-18-11-15(21-19-7-3-4-8-20(19)27-22-21)9-10-23(18)12-16-5-1-2-6-17(16)13-23/h3-4,7-8,15-18H,1-2,5-6,9-14H2/t15?,16-,17-,18?/m0/s1. The van der Waals surface area contributed by atoms with E-state index in [1.54, 1.807) is 0 Å². The average Bonchev–Trinajstić information content (AvgIpc) is 3.24. The number of benzene rings is 1. The van der Waals surface area contributed by atoms with Crippen LogP contribution >= 0.6 is 11.5 Å². The minimum absolute atomic E-state index is 0.0766. The van der Waals surface area contributed by atoms with Crippen molar-refractivity contribution >= 4 is 31.7 Å². The first kappa shape index (κ1) is 19.0. The highest BCUT2D eigenvalue weighted by molar-refractivity contribution is 7.85. The largest absolute Gasteiger partial charge is 0.748 e. The van der Waals surface area contributed by atoms with Crippen LogP contribution in [0.15, 0.2) is 24.3 Å². The molecule has 2 aromatic rings. The van der Waals surface area contributed by atoms with Crippen LogP contribution in [0.4, 0.5) is 0 Å². The van der Waals surface area contributed by atoms with E-state index in [9.17, 15) is 13.0 Å². The molecule has 28 heavy (non-hydrogen) atoms. The van der Waals surface area contributed by atoms with E-state index in [2.05, 4.69) is 12.1 Å². The minimum Gasteiger partial charge on any atom is -0.748 e. The highest BCUT2D eigenvalue weighted by atomic mass is 32.2. The predicted molar refractivity (Wildman–Crippen MR) is 110 cm³/mol. The van der Waals surface area contributed by atoms with Crippen molar-refractivity contribution in [1.82, 2.24) is 4.37 Å². The molecule has 5 nitrogen and oxygen atoms in total. The Balaban J connectivity index is 1.45. The first-order chi connectivity index (χ1) is 13.4. The van der Waals surface area contributed by atoms with E-state index < -0.39 is 10.1 Å². The molecule has 0 radical (unpaired) electrons. The Morgan fingerprint density at radius 2 is 1.82 bits per heavy atom. The van der Waals surface area contributed by atoms with Crippen molar-refractivity contribution in [3.8, 4) is 0 Å². The molecule has 152 valence electrons. The van der Waals surface area contributed by atoms with E-state index in [4.69, 9.17) is 4.37 Å². The molecule has 0 bridgehead atoms. The van der Waals surface area contributed by atoms with E-state index in [-0.39, 0.29) is 17.7 Å². The Morgan fingerprint density at radius 3 is 2.54 bits per heavy atom. The fraction of sp³-hybridized carbons (Fsp3) is 0.667. The lowest BCUT2D eigenvalue weighted by molar-refractivity contribution is -0.945. The molecule has 1 spiro atoms. The van der Waals surface area contributed by atoms with Gasteiger partial charge in [0.05, 0.1) is 35.8 Å². The first-order valence-corrected chi connectivity index (χ1v) is 12.9. The SMILES string of the molecule is O=S(=O)([O-])CC1CC(c2nsc3ccccc23)CC[N+]12C[C@@H]1CCCC[C@H]1C2. The third-order valence-corrected chi connectivity index (χ3v) is 9.34. The zero-order chi connectivity index (χ0) is 19.4. The molecule has 3 fully saturated rings. The van der Waals surface area contributed by atoms with Gasteiger partial charge in [0.2, 0.25) is 0 Å². The summed E-state index contributed by atoms with van der Waals surface area (Å²) >= 11 is 1.53. The molecular formula is C21H28N2O3S2. The van der Waals surface area contributed by atoms with Gasteiger partial charge in [-0.2, -0.15) is 4.37 Å². The topological polar surface area (TPSA) is 70.1 Å². The van der Waals surface area contributed by atoms with Crippen LogP contribution in [-0.2, 0) is 10.1 Å². The van der Waals surface area contributed by atoms with Crippen molar-refractivity contribution < 1.29 is 17.5 Å². The maximum Gasteiger partial charge on any atom is 0.103 e. The van der Waals surface area contributed by atoms with Gasteiger partial charge in [0.25, 0.3) is 0 Å². The Morgan fingerprint density at radius 1 is 1.11 bits per heavy atom. The monoisotopic (exact) mass is 420 g/mol. The van der Waals surface area contributed by atoms with E-state index in [1.165, 1.54) is 47.3 Å². The lowest BCUT2D eigenvalue weighted by Crippen LogP contribution is -2.60. The summed E-state index contributed by atoms with van der Waals surface area (Å²) in [5, 5.41) is 1.20. The summed E-state index contributed by atoms with van der Waals surface area (Å²) in [7, 11) is -4.24. The summed E-state index contributed by atoms with van der Waals surface area (Å²) in [6, 6.07) is 8.22. The summed E-state index contributed by atoms with van der Waals surface area (Å²) in [6.45, 7) is 3.15. The lowest BCUT2D eigenvalue weighted by Gasteiger charge is -2.47. The number of nitrogens with zero attached hydrogens (tertiary/aromatic N) is 2. The number of rotatable bonds is 3. The quantitative estimate of drug-likeness (QED) is 0.560. The second-order valence-corrected chi connectivity index (χ2v) is 11.5. The van der Waals surface area contributed by atoms with Crippen LogP contribution in [0.1, 0.15) is 50.1 Å². The number of fused-ring (bicyclic) bond motifs is 2. The van der Waals surface area contributed by atoms with E-state index in [1.807, 2.05) is 12.1 Å². The summed E-state index contributed by atoms with van der Waals surface area (Å²) < 4.78 is 42.1. The van der Waals surface area contributed by atoms with Gasteiger partial charge in [0.1, 0.15) is 16.2 Å². The van der Waals surface area contributed by atoms with Crippen LogP contribution in [0.3, 0.4) is 0 Å². The maximum absolute atomic E-state index is 11.8. The Labute approximate surface area is 171 Å². The van der Waals surface area contributed by atoms with Crippen LogP contribution in [0, 0.1) is 11.8 Å². The Kier molecular flexibility index (Phi) is 4.77. The number of quaternary nitrogens is 1. The molecule has 2 aliphatic heterocycles. The predicted octanol–water partition coefficient (Wildman–Crippen LogP) is 3.72. The number of hydrogen-bond donors (Lipinski definition) is 0. The van der Waals surface area contributed by atoms with Gasteiger partial charge in [0, 0.05) is 36.0 Å². The van der Waals surface area contributed by atoms with Crippen LogP contribution in [0.5, 0.6) is 0 Å². The summed E-state index contributed by atoms with van der Waals surface area (Å²) in [5.41, 5.74) is 1.11. The van der Waals surface area contributed by atoms with Gasteiger partial charge in [0.15, 0.2) is 0 Å². The van der Waals surface area contributed by atoms with Crippen LogP contribution < -0.4 is 0 Å². The highest BCUT2D eigenvalue weighted by Gasteiger charge is 2.52. The van der Waals surface area contributed by atoms with E-state index in [0.29, 0.717) is 0 Å². The molecule has 1 saturated carbocycles. The molecule has 0 amide bonds. The molecule has 1 aromatic carbocycles. The maximum atomic E-state index is 11.8. The Bertz CT molecular complexity index is 957. The van der Waals surface area contributed by atoms with Crippen LogP contribution in [0.2, 0.25) is 0 Å². The van der Waals surface area contributed by atoms with E-state index in [0.717, 1.165) is 54.5 Å². The van der Waals surface area contributed by atoms with Gasteiger partial charge in [-0.15, -0.1) is 0 Å². The van der Waals surface area contributed by atoms with Crippen LogP contribution in [0.25, 0.3) is 10.1 Å². The molecule has 7 heteroatoms. The molecular weight excluding hydrogens is 392 g/mol. The molecule has 5 rings (SSSR count). The molecule has 0 N–H and O–H groups in total. The second-order valence-electron chi connectivity index (χ2n) is 9.28. The average molecular weight is 421 g/mol. The third-order valence-electron chi connectivity index (χ3n) is 7.71. The normalized spacial score (nSPS) is 36.0. The lowest BCUT2D eigenvalue weighted by atomic mass is 9.82. The zero-order valence-corrected chi connectivity index (χ0v) is 17.8. The van der Waals surface area contributed by atoms with Gasteiger partial charge in [-0.1, -0.05) is 31.0 Å². The van der Waals surface area contributed by atoms with E-state index >= 15 is 0 Å². The third kappa shape index (κ3) is 3.40. The first-order valence-electron chi connectivity index (χ1n) is 10.6. The van der Waals surface area contributed by atoms with Crippen molar-refractivity contribution in [3.05, 3.63) is 30.0 Å². The Hall–Kier alpha value is -1.02. The molecule has 3 heterocycles. The fourth-order valence-electron chi connectivity index (χ4n) is 6.43. The summed E-state index contributed by atoms with van der Waals surface area (Å²) in [4.78, 5) is 0. The van der Waals surface area contributed by atoms with Crippen molar-refractivity contribution in [2.75, 3.05) is 25.4 Å². The molecule has 2 saturated heterocycles. The van der Waals surface area contributed by atoms with Gasteiger partial charge in [-0.05, 0) is 30.4 Å².